The largest absolute Gasteiger partial charge is 0.423 e. The topological polar surface area (TPSA) is 105 Å². The van der Waals surface area contributed by atoms with Crippen LogP contribution in [0.4, 0.5) is 17.6 Å². The third-order valence-corrected chi connectivity index (χ3v) is 3.02. The van der Waals surface area contributed by atoms with Crippen LogP contribution >= 0.6 is 0 Å². The smallest absolute Gasteiger partial charge is 0.394 e. The molecule has 1 aliphatic rings. The van der Waals surface area contributed by atoms with Gasteiger partial charge in [0, 0.05) is 6.20 Å². The molecule has 11 heteroatoms. The van der Waals surface area contributed by atoms with Gasteiger partial charge in [0.2, 0.25) is 0 Å². The summed E-state index contributed by atoms with van der Waals surface area (Å²) in [6, 6.07) is 0. The number of nitrogens with zero attached hydrogens (tertiary/aromatic N) is 1. The fourth-order valence-electron chi connectivity index (χ4n) is 1.96. The first kappa shape index (κ1) is 15.7. The molecule has 0 aliphatic carbocycles. The van der Waals surface area contributed by atoms with E-state index in [0.717, 1.165) is 0 Å². The van der Waals surface area contributed by atoms with Gasteiger partial charge < -0.3 is 14.9 Å². The van der Waals surface area contributed by atoms with Gasteiger partial charge >= 0.3 is 11.9 Å². The molecule has 118 valence electrons. The second-order valence-corrected chi connectivity index (χ2v) is 4.39. The number of aliphatic hydroxyl groups is 2. The predicted molar refractivity (Wildman–Crippen MR) is 58.2 cm³/mol. The lowest BCUT2D eigenvalue weighted by atomic mass is 10.1. The number of aromatic amines is 1. The molecule has 21 heavy (non-hydrogen) atoms. The van der Waals surface area contributed by atoms with E-state index in [0.29, 0.717) is 0 Å². The number of H-pyrrole nitrogens is 1. The Morgan fingerprint density at radius 3 is 2.48 bits per heavy atom. The highest BCUT2D eigenvalue weighted by Crippen LogP contribution is 2.31. The van der Waals surface area contributed by atoms with Crippen LogP contribution in [0.1, 0.15) is 11.8 Å². The fourth-order valence-corrected chi connectivity index (χ4v) is 1.96. The van der Waals surface area contributed by atoms with Gasteiger partial charge in [-0.2, -0.15) is 13.2 Å². The van der Waals surface area contributed by atoms with E-state index in [1.165, 1.54) is 4.98 Å². The van der Waals surface area contributed by atoms with Crippen molar-refractivity contribution in [3.05, 3.63) is 32.6 Å². The molecule has 1 fully saturated rings. The number of rotatable bonds is 2. The highest BCUT2D eigenvalue weighted by molar-refractivity contribution is 5.10. The van der Waals surface area contributed by atoms with Gasteiger partial charge in [0.05, 0.1) is 6.61 Å². The van der Waals surface area contributed by atoms with Crippen LogP contribution in [0.2, 0.25) is 0 Å². The summed E-state index contributed by atoms with van der Waals surface area (Å²) >= 11 is 0. The molecule has 2 rings (SSSR count). The molecule has 0 saturated carbocycles. The van der Waals surface area contributed by atoms with Gasteiger partial charge in [0.15, 0.2) is 12.4 Å². The number of hydrogen-bond donors (Lipinski definition) is 3. The summed E-state index contributed by atoms with van der Waals surface area (Å²) in [5, 5.41) is 18.4. The lowest BCUT2D eigenvalue weighted by Crippen LogP contribution is -2.39. The lowest BCUT2D eigenvalue weighted by Gasteiger charge is -2.18. The first-order valence-electron chi connectivity index (χ1n) is 5.68. The molecule has 0 aromatic carbocycles. The summed E-state index contributed by atoms with van der Waals surface area (Å²) in [6.45, 7) is -0.834. The minimum atomic E-state index is -5.04. The molecular formula is C10H10F4N2O5. The van der Waals surface area contributed by atoms with Gasteiger partial charge in [-0.1, -0.05) is 0 Å². The molecule has 1 saturated heterocycles. The van der Waals surface area contributed by atoms with E-state index < -0.39 is 54.2 Å². The molecule has 2 heterocycles. The van der Waals surface area contributed by atoms with Crippen LogP contribution in [0.25, 0.3) is 0 Å². The van der Waals surface area contributed by atoms with E-state index in [2.05, 4.69) is 0 Å². The quantitative estimate of drug-likeness (QED) is 0.617. The van der Waals surface area contributed by atoms with Crippen LogP contribution < -0.4 is 11.2 Å². The highest BCUT2D eigenvalue weighted by Gasteiger charge is 2.46. The zero-order valence-corrected chi connectivity index (χ0v) is 10.2. The summed E-state index contributed by atoms with van der Waals surface area (Å²) in [7, 11) is 0. The van der Waals surface area contributed by atoms with Crippen molar-refractivity contribution in [3.63, 3.8) is 0 Å². The second-order valence-electron chi connectivity index (χ2n) is 4.39. The van der Waals surface area contributed by atoms with Gasteiger partial charge in [0.1, 0.15) is 17.8 Å². The molecule has 1 aromatic rings. The summed E-state index contributed by atoms with van der Waals surface area (Å²) < 4.78 is 56.4. The Morgan fingerprint density at radius 2 is 2.00 bits per heavy atom. The fraction of sp³-hybridized carbons (Fsp3) is 0.600. The van der Waals surface area contributed by atoms with Crippen LogP contribution in [-0.4, -0.2) is 44.8 Å². The zero-order valence-electron chi connectivity index (χ0n) is 10.2. The molecule has 0 radical (unpaired) electrons. The van der Waals surface area contributed by atoms with E-state index in [1.807, 2.05) is 0 Å². The van der Waals surface area contributed by atoms with Crippen molar-refractivity contribution in [2.24, 2.45) is 0 Å². The van der Waals surface area contributed by atoms with Gasteiger partial charge in [-0.3, -0.25) is 14.3 Å². The zero-order chi connectivity index (χ0) is 15.9. The monoisotopic (exact) mass is 314 g/mol. The van der Waals surface area contributed by atoms with Crippen LogP contribution in [0.3, 0.4) is 0 Å². The minimum absolute atomic E-state index is 0.140. The SMILES string of the molecule is O=c1[nH]c(=O)n([C@@H]2O[C@H](CO)[C@H](F)[C@H]2O)cc1C(F)(F)F. The van der Waals surface area contributed by atoms with E-state index in [9.17, 15) is 32.3 Å². The number of aromatic nitrogens is 2. The van der Waals surface area contributed by atoms with Crippen molar-refractivity contribution >= 4 is 0 Å². The van der Waals surface area contributed by atoms with E-state index in [4.69, 9.17) is 9.84 Å². The molecule has 4 atom stereocenters. The van der Waals surface area contributed by atoms with Crippen molar-refractivity contribution in [2.45, 2.75) is 30.8 Å². The van der Waals surface area contributed by atoms with Crippen molar-refractivity contribution < 1.29 is 32.5 Å². The number of alkyl halides is 4. The second kappa shape index (κ2) is 5.24. The van der Waals surface area contributed by atoms with Gasteiger partial charge in [-0.25, -0.2) is 9.18 Å². The van der Waals surface area contributed by atoms with Gasteiger partial charge in [-0.15, -0.1) is 0 Å². The Bertz CT molecular complexity index is 640. The maximum absolute atomic E-state index is 13.5. The van der Waals surface area contributed by atoms with E-state index in [-0.39, 0.29) is 10.8 Å². The van der Waals surface area contributed by atoms with E-state index in [1.54, 1.807) is 0 Å². The third kappa shape index (κ3) is 2.71. The lowest BCUT2D eigenvalue weighted by molar-refractivity contribution is -0.140. The third-order valence-electron chi connectivity index (χ3n) is 3.02. The molecule has 0 spiro atoms. The molecule has 0 amide bonds. The van der Waals surface area contributed by atoms with Crippen molar-refractivity contribution in [2.75, 3.05) is 6.61 Å². The molecule has 0 bridgehead atoms. The summed E-state index contributed by atoms with van der Waals surface area (Å²) in [6.07, 6.45) is -12.2. The molecular weight excluding hydrogens is 304 g/mol. The molecule has 1 aliphatic heterocycles. The molecule has 1 aromatic heterocycles. The van der Waals surface area contributed by atoms with Crippen LogP contribution in [0, 0.1) is 0 Å². The van der Waals surface area contributed by atoms with Crippen molar-refractivity contribution in [1.29, 1.82) is 0 Å². The van der Waals surface area contributed by atoms with Gasteiger partial charge in [0.25, 0.3) is 5.56 Å². The summed E-state index contributed by atoms with van der Waals surface area (Å²) in [4.78, 5) is 24.0. The first-order valence-corrected chi connectivity index (χ1v) is 5.68. The van der Waals surface area contributed by atoms with E-state index >= 15 is 0 Å². The first-order chi connectivity index (χ1) is 9.66. The van der Waals surface area contributed by atoms with Crippen molar-refractivity contribution in [1.82, 2.24) is 9.55 Å². The minimum Gasteiger partial charge on any atom is -0.394 e. The Morgan fingerprint density at radius 1 is 1.38 bits per heavy atom. The number of hydrogen-bond acceptors (Lipinski definition) is 5. The molecule has 7 nitrogen and oxygen atoms in total. The van der Waals surface area contributed by atoms with Crippen LogP contribution in [-0.2, 0) is 10.9 Å². The van der Waals surface area contributed by atoms with Crippen LogP contribution in [0.15, 0.2) is 15.8 Å². The number of aliphatic hydroxyl groups excluding tert-OH is 2. The number of ether oxygens (including phenoxy) is 1. The highest BCUT2D eigenvalue weighted by atomic mass is 19.4. The standard InChI is InChI=1S/C10H10F4N2O5/c11-5-4(2-17)21-8(6(5)18)16-1-3(10(12,13)14)7(19)15-9(16)20/h1,4-6,8,17-18H,2H2,(H,15,19,20)/t4-,5+,6-,8-/m1/s1. The Kier molecular flexibility index (Phi) is 3.91. The number of halogens is 4. The van der Waals surface area contributed by atoms with Crippen molar-refractivity contribution in [3.8, 4) is 0 Å². The average molecular weight is 314 g/mol. The average Bonchev–Trinajstić information content (AvgIpc) is 2.65. The summed E-state index contributed by atoms with van der Waals surface area (Å²) in [5.74, 6) is 0. The van der Waals surface area contributed by atoms with Crippen LogP contribution in [0.5, 0.6) is 0 Å². The maximum Gasteiger partial charge on any atom is 0.423 e. The maximum atomic E-state index is 13.5. The normalized spacial score (nSPS) is 29.8. The summed E-state index contributed by atoms with van der Waals surface area (Å²) in [5.41, 5.74) is -4.66. The Balaban J connectivity index is 2.50. The Labute approximate surface area is 113 Å². The predicted octanol–water partition coefficient (Wildman–Crippen LogP) is -0.856. The Hall–Kier alpha value is -1.72. The number of nitrogens with one attached hydrogen (secondary N) is 1. The van der Waals surface area contributed by atoms with Gasteiger partial charge in [-0.05, 0) is 0 Å². The molecule has 3 N–H and O–H groups in total. The molecule has 0 unspecified atom stereocenters.